The van der Waals surface area contributed by atoms with Gasteiger partial charge in [0.05, 0.1) is 29.5 Å². The van der Waals surface area contributed by atoms with Crippen LogP contribution in [0, 0.1) is 0 Å². The summed E-state index contributed by atoms with van der Waals surface area (Å²) in [5.41, 5.74) is 2.92. The summed E-state index contributed by atoms with van der Waals surface area (Å²) in [5.74, 6) is -0.868. The van der Waals surface area contributed by atoms with E-state index in [2.05, 4.69) is 15.4 Å². The molecule has 0 radical (unpaired) electrons. The van der Waals surface area contributed by atoms with Gasteiger partial charge in [0.25, 0.3) is 11.1 Å². The second-order valence-corrected chi connectivity index (χ2v) is 6.62. The van der Waals surface area contributed by atoms with Gasteiger partial charge in [-0.1, -0.05) is 12.1 Å². The highest BCUT2D eigenvalue weighted by atomic mass is 32.2. The number of esters is 1. The van der Waals surface area contributed by atoms with Crippen molar-refractivity contribution in [3.63, 3.8) is 0 Å². The van der Waals surface area contributed by atoms with Crippen LogP contribution in [0.2, 0.25) is 0 Å². The zero-order valence-corrected chi connectivity index (χ0v) is 14.8. The van der Waals surface area contributed by atoms with E-state index in [-0.39, 0.29) is 4.91 Å². The SMILES string of the molecule is COC(=O)c1cccc(-c2ccn3ncc(/C=C4/SC(=O)NC4=O)c3n2)c1. The molecule has 8 nitrogen and oxygen atoms in total. The molecule has 134 valence electrons. The molecule has 0 saturated carbocycles. The molecular formula is C18H12N4O4S. The highest BCUT2D eigenvalue weighted by molar-refractivity contribution is 8.18. The molecule has 0 unspecified atom stereocenters. The van der Waals surface area contributed by atoms with Gasteiger partial charge in [-0.15, -0.1) is 0 Å². The molecule has 1 saturated heterocycles. The number of nitrogens with zero attached hydrogens (tertiary/aromatic N) is 3. The van der Waals surface area contributed by atoms with Gasteiger partial charge in [-0.2, -0.15) is 5.10 Å². The fourth-order valence-electron chi connectivity index (χ4n) is 2.63. The van der Waals surface area contributed by atoms with Crippen molar-refractivity contribution < 1.29 is 19.1 Å². The van der Waals surface area contributed by atoms with Gasteiger partial charge in [-0.25, -0.2) is 14.3 Å². The quantitative estimate of drug-likeness (QED) is 0.550. The summed E-state index contributed by atoms with van der Waals surface area (Å²) in [5, 5.41) is 6.01. The molecule has 0 bridgehead atoms. The fraction of sp³-hybridized carbons (Fsp3) is 0.0556. The first-order valence-corrected chi connectivity index (χ1v) is 8.65. The molecular weight excluding hydrogens is 368 g/mol. The van der Waals surface area contributed by atoms with Crippen LogP contribution in [-0.4, -0.2) is 38.8 Å². The molecule has 0 aliphatic carbocycles. The maximum atomic E-state index is 11.8. The van der Waals surface area contributed by atoms with Crippen LogP contribution in [0.25, 0.3) is 23.0 Å². The molecule has 2 amide bonds. The molecule has 2 aromatic heterocycles. The van der Waals surface area contributed by atoms with Gasteiger partial charge in [-0.3, -0.25) is 14.9 Å². The van der Waals surface area contributed by atoms with E-state index in [0.29, 0.717) is 22.5 Å². The van der Waals surface area contributed by atoms with Gasteiger partial charge < -0.3 is 4.74 Å². The number of thioether (sulfide) groups is 1. The smallest absolute Gasteiger partial charge is 0.337 e. The monoisotopic (exact) mass is 380 g/mol. The summed E-state index contributed by atoms with van der Waals surface area (Å²) in [7, 11) is 1.33. The minimum atomic E-state index is -0.439. The molecule has 0 atom stereocenters. The second-order valence-electron chi connectivity index (χ2n) is 5.61. The highest BCUT2D eigenvalue weighted by Crippen LogP contribution is 2.27. The number of ether oxygens (including phenoxy) is 1. The molecule has 4 rings (SSSR count). The number of rotatable bonds is 3. The Hall–Kier alpha value is -3.46. The van der Waals surface area contributed by atoms with Crippen molar-refractivity contribution >= 4 is 40.6 Å². The van der Waals surface area contributed by atoms with E-state index in [9.17, 15) is 14.4 Å². The Morgan fingerprint density at radius 2 is 2.15 bits per heavy atom. The second kappa shape index (κ2) is 6.69. The molecule has 0 spiro atoms. The van der Waals surface area contributed by atoms with E-state index < -0.39 is 17.1 Å². The Bertz CT molecular complexity index is 1140. The van der Waals surface area contributed by atoms with Crippen molar-refractivity contribution in [3.05, 3.63) is 58.8 Å². The Kier molecular flexibility index (Phi) is 4.21. The maximum absolute atomic E-state index is 11.8. The normalized spacial score (nSPS) is 15.4. The summed E-state index contributed by atoms with van der Waals surface area (Å²) >= 11 is 0.834. The number of hydrogen-bond donors (Lipinski definition) is 1. The third-order valence-corrected chi connectivity index (χ3v) is 4.72. The van der Waals surface area contributed by atoms with Gasteiger partial charge in [-0.05, 0) is 36.0 Å². The zero-order chi connectivity index (χ0) is 19.0. The van der Waals surface area contributed by atoms with Crippen molar-refractivity contribution in [2.45, 2.75) is 0 Å². The van der Waals surface area contributed by atoms with E-state index in [1.165, 1.54) is 7.11 Å². The predicted molar refractivity (Wildman–Crippen MR) is 98.9 cm³/mol. The van der Waals surface area contributed by atoms with Gasteiger partial charge in [0, 0.05) is 17.3 Å². The number of methoxy groups -OCH3 is 1. The third-order valence-electron chi connectivity index (χ3n) is 3.90. The zero-order valence-electron chi connectivity index (χ0n) is 14.0. The number of benzene rings is 1. The number of hydrogen-bond acceptors (Lipinski definition) is 7. The van der Waals surface area contributed by atoms with Gasteiger partial charge in [0.2, 0.25) is 0 Å². The van der Waals surface area contributed by atoms with E-state index in [1.807, 2.05) is 6.07 Å². The van der Waals surface area contributed by atoms with Crippen molar-refractivity contribution in [3.8, 4) is 11.3 Å². The number of imide groups is 1. The molecule has 1 N–H and O–H groups in total. The Labute approximate surface area is 157 Å². The van der Waals surface area contributed by atoms with Gasteiger partial charge in [0.15, 0.2) is 5.65 Å². The van der Waals surface area contributed by atoms with Crippen LogP contribution >= 0.6 is 11.8 Å². The van der Waals surface area contributed by atoms with E-state index >= 15 is 0 Å². The standard InChI is InChI=1S/C18H12N4O4S/c1-26-17(24)11-4-2-3-10(7-11)13-5-6-22-15(20-13)12(9-19-22)8-14-16(23)21-18(25)27-14/h2-9H,1H3,(H,21,23,25)/b14-8+. The summed E-state index contributed by atoms with van der Waals surface area (Å²) in [6.45, 7) is 0. The molecule has 9 heteroatoms. The number of amides is 2. The van der Waals surface area contributed by atoms with Crippen molar-refractivity contribution in [2.75, 3.05) is 7.11 Å². The first kappa shape index (κ1) is 17.0. The fourth-order valence-corrected chi connectivity index (χ4v) is 3.31. The topological polar surface area (TPSA) is 103 Å². The Balaban J connectivity index is 1.77. The van der Waals surface area contributed by atoms with Crippen LogP contribution in [0.15, 0.2) is 47.6 Å². The molecule has 3 aromatic rings. The van der Waals surface area contributed by atoms with Crippen LogP contribution in [0.4, 0.5) is 4.79 Å². The largest absolute Gasteiger partial charge is 0.465 e. The summed E-state index contributed by atoms with van der Waals surface area (Å²) in [6.07, 6.45) is 4.88. The van der Waals surface area contributed by atoms with E-state index in [0.717, 1.165) is 17.3 Å². The molecule has 27 heavy (non-hydrogen) atoms. The minimum absolute atomic E-state index is 0.287. The molecule has 1 aromatic carbocycles. The number of aromatic nitrogens is 3. The first-order valence-electron chi connectivity index (χ1n) is 7.83. The minimum Gasteiger partial charge on any atom is -0.465 e. The van der Waals surface area contributed by atoms with Crippen LogP contribution in [0.3, 0.4) is 0 Å². The van der Waals surface area contributed by atoms with Crippen LogP contribution in [-0.2, 0) is 9.53 Å². The number of nitrogens with one attached hydrogen (secondary N) is 1. The Morgan fingerprint density at radius 1 is 1.30 bits per heavy atom. The average Bonchev–Trinajstić information content (AvgIpc) is 3.23. The number of carbonyl (C=O) groups is 3. The highest BCUT2D eigenvalue weighted by Gasteiger charge is 2.25. The average molecular weight is 380 g/mol. The van der Waals surface area contributed by atoms with Crippen LogP contribution in [0.1, 0.15) is 15.9 Å². The summed E-state index contributed by atoms with van der Waals surface area (Å²) < 4.78 is 6.32. The molecule has 1 fully saturated rings. The molecule has 3 heterocycles. The lowest BCUT2D eigenvalue weighted by molar-refractivity contribution is -0.115. The lowest BCUT2D eigenvalue weighted by Crippen LogP contribution is -2.17. The number of fused-ring (bicyclic) bond motifs is 1. The molecule has 1 aliphatic heterocycles. The summed E-state index contributed by atoms with van der Waals surface area (Å²) in [6, 6.07) is 8.71. The first-order chi connectivity index (χ1) is 13.0. The summed E-state index contributed by atoms with van der Waals surface area (Å²) in [4.78, 5) is 39.7. The lowest BCUT2D eigenvalue weighted by Gasteiger charge is -2.05. The van der Waals surface area contributed by atoms with Crippen molar-refractivity contribution in [1.29, 1.82) is 0 Å². The van der Waals surface area contributed by atoms with E-state index in [4.69, 9.17) is 4.74 Å². The Morgan fingerprint density at radius 3 is 2.89 bits per heavy atom. The lowest BCUT2D eigenvalue weighted by atomic mass is 10.1. The third kappa shape index (κ3) is 3.20. The molecule has 1 aliphatic rings. The predicted octanol–water partition coefficient (Wildman–Crippen LogP) is 2.51. The van der Waals surface area contributed by atoms with Gasteiger partial charge >= 0.3 is 5.97 Å². The van der Waals surface area contributed by atoms with Crippen molar-refractivity contribution in [2.24, 2.45) is 0 Å². The number of carbonyl (C=O) groups excluding carboxylic acids is 3. The maximum Gasteiger partial charge on any atom is 0.337 e. The van der Waals surface area contributed by atoms with Crippen molar-refractivity contribution in [1.82, 2.24) is 19.9 Å². The van der Waals surface area contributed by atoms with E-state index in [1.54, 1.807) is 47.3 Å². The van der Waals surface area contributed by atoms with Gasteiger partial charge in [0.1, 0.15) is 0 Å². The van der Waals surface area contributed by atoms with Crippen LogP contribution < -0.4 is 5.32 Å². The van der Waals surface area contributed by atoms with Crippen LogP contribution in [0.5, 0.6) is 0 Å².